The summed E-state index contributed by atoms with van der Waals surface area (Å²) in [6.07, 6.45) is -0.730. The summed E-state index contributed by atoms with van der Waals surface area (Å²) in [6, 6.07) is 18.3. The van der Waals surface area contributed by atoms with Gasteiger partial charge in [-0.3, -0.25) is 20.2 Å². The number of carbonyl (C=O) groups excluding carboxylic acids is 5. The second-order valence-electron chi connectivity index (χ2n) is 17.7. The van der Waals surface area contributed by atoms with Crippen LogP contribution in [0.5, 0.6) is 5.75 Å². The van der Waals surface area contributed by atoms with Gasteiger partial charge in [0, 0.05) is 17.1 Å². The fourth-order valence-corrected chi connectivity index (χ4v) is 5.46. The van der Waals surface area contributed by atoms with Crippen LogP contribution >= 0.6 is 11.6 Å². The van der Waals surface area contributed by atoms with Crippen LogP contribution in [0.3, 0.4) is 0 Å². The van der Waals surface area contributed by atoms with Gasteiger partial charge in [0.2, 0.25) is 5.96 Å². The highest BCUT2D eigenvalue weighted by atomic mass is 35.5. The van der Waals surface area contributed by atoms with Gasteiger partial charge in [-0.2, -0.15) is 0 Å². The molecule has 0 unspecified atom stereocenters. The summed E-state index contributed by atoms with van der Waals surface area (Å²) < 4.78 is 21.7. The molecule has 58 heavy (non-hydrogen) atoms. The molecule has 3 aromatic carbocycles. The van der Waals surface area contributed by atoms with Gasteiger partial charge in [0.05, 0.1) is 11.3 Å². The number of carbonyl (C=O) groups is 5. The van der Waals surface area contributed by atoms with Crippen LogP contribution in [0.4, 0.5) is 15.3 Å². The lowest BCUT2D eigenvalue weighted by molar-refractivity contribution is -0.155. The number of nitrogens with one attached hydrogen (secondary N) is 2. The van der Waals surface area contributed by atoms with Crippen molar-refractivity contribution >= 4 is 53.3 Å². The number of amides is 3. The van der Waals surface area contributed by atoms with E-state index in [0.29, 0.717) is 23.4 Å². The lowest BCUT2D eigenvalue weighted by Crippen LogP contribution is -2.47. The molecule has 0 saturated heterocycles. The molecule has 0 aromatic heterocycles. The van der Waals surface area contributed by atoms with Crippen LogP contribution in [0.2, 0.25) is 5.02 Å². The quantitative estimate of drug-likeness (QED) is 0.0668. The van der Waals surface area contributed by atoms with Crippen molar-refractivity contribution in [2.75, 3.05) is 13.1 Å². The number of benzene rings is 3. The topological polar surface area (TPSA) is 162 Å². The lowest BCUT2D eigenvalue weighted by atomic mass is 9.86. The second-order valence-corrected chi connectivity index (χ2v) is 18.1. The van der Waals surface area contributed by atoms with Crippen LogP contribution < -0.4 is 15.4 Å². The van der Waals surface area contributed by atoms with Crippen molar-refractivity contribution in [3.8, 4) is 5.75 Å². The van der Waals surface area contributed by atoms with Gasteiger partial charge < -0.3 is 23.8 Å². The van der Waals surface area contributed by atoms with Crippen molar-refractivity contribution in [3.05, 3.63) is 94.0 Å². The van der Waals surface area contributed by atoms with Gasteiger partial charge in [-0.1, -0.05) is 50.6 Å². The van der Waals surface area contributed by atoms with E-state index in [4.69, 9.17) is 30.5 Å². The number of nitrogens with zero attached hydrogens (tertiary/aromatic N) is 2. The summed E-state index contributed by atoms with van der Waals surface area (Å²) in [5, 5.41) is 5.17. The zero-order valence-corrected chi connectivity index (χ0v) is 36.4. The number of alkyl carbamates (subject to hydrolysis) is 2. The average Bonchev–Trinajstić information content (AvgIpc) is 3.05. The first-order valence-electron chi connectivity index (χ1n) is 19.0. The molecule has 0 aliphatic heterocycles. The van der Waals surface area contributed by atoms with Crippen molar-refractivity contribution in [2.45, 2.75) is 118 Å². The molecule has 14 heteroatoms. The Hall–Kier alpha value is -5.43. The van der Waals surface area contributed by atoms with Crippen LogP contribution in [0, 0.1) is 0 Å². The molecule has 0 spiro atoms. The van der Waals surface area contributed by atoms with E-state index in [1.165, 1.54) is 35.2 Å². The summed E-state index contributed by atoms with van der Waals surface area (Å²) in [5.74, 6) is -1.48. The summed E-state index contributed by atoms with van der Waals surface area (Å²) in [7, 11) is 0. The van der Waals surface area contributed by atoms with Crippen molar-refractivity contribution in [2.24, 2.45) is 4.99 Å². The smallest absolute Gasteiger partial charge is 0.414 e. The molecule has 3 rings (SSSR count). The van der Waals surface area contributed by atoms with Gasteiger partial charge in [0.25, 0.3) is 5.91 Å². The number of aryl methyl sites for hydroxylation is 1. The minimum Gasteiger partial charge on any atom is -0.459 e. The number of hydrogen-bond donors (Lipinski definition) is 2. The van der Waals surface area contributed by atoms with Crippen LogP contribution in [0.1, 0.15) is 121 Å². The number of ether oxygens (including phenoxy) is 4. The van der Waals surface area contributed by atoms with E-state index >= 15 is 0 Å². The molecule has 0 bridgehead atoms. The van der Waals surface area contributed by atoms with Crippen LogP contribution in [-0.4, -0.2) is 70.8 Å². The normalized spacial score (nSPS) is 11.8. The molecule has 0 fully saturated rings. The first-order valence-corrected chi connectivity index (χ1v) is 19.4. The minimum absolute atomic E-state index is 0.166. The molecule has 0 atom stereocenters. The first kappa shape index (κ1) is 46.9. The Morgan fingerprint density at radius 3 is 1.78 bits per heavy atom. The minimum atomic E-state index is -0.847. The van der Waals surface area contributed by atoms with Crippen molar-refractivity contribution in [1.29, 1.82) is 0 Å². The molecule has 0 aliphatic rings. The zero-order chi connectivity index (χ0) is 43.6. The molecule has 3 amide bonds. The lowest BCUT2D eigenvalue weighted by Gasteiger charge is -2.26. The van der Waals surface area contributed by atoms with Crippen molar-refractivity contribution in [1.82, 2.24) is 15.5 Å². The Balaban J connectivity index is 1.70. The molecule has 3 aromatic rings. The Morgan fingerprint density at radius 2 is 1.26 bits per heavy atom. The van der Waals surface area contributed by atoms with Gasteiger partial charge in [-0.25, -0.2) is 19.4 Å². The number of halogens is 1. The third kappa shape index (κ3) is 16.6. The second kappa shape index (κ2) is 19.3. The summed E-state index contributed by atoms with van der Waals surface area (Å²) >= 11 is 6.62. The van der Waals surface area contributed by atoms with Gasteiger partial charge >= 0.3 is 24.1 Å². The molecule has 13 nitrogen and oxygen atoms in total. The molecule has 2 N–H and O–H groups in total. The largest absolute Gasteiger partial charge is 0.459 e. The first-order chi connectivity index (χ1) is 26.7. The molecule has 0 aliphatic carbocycles. The summed E-state index contributed by atoms with van der Waals surface area (Å²) in [6.45, 7) is 21.7. The van der Waals surface area contributed by atoms with E-state index in [1.54, 1.807) is 80.5 Å². The van der Waals surface area contributed by atoms with E-state index in [2.05, 4.69) is 36.4 Å². The number of esters is 2. The standard InChI is InChI=1S/C44H57ClN4O9/c1-41(2,3)31-17-13-15-30(25-31)36(51)49(27-35(50)56-42(4,5)6)24-14-16-28-20-23-33(26-34(28)45)55-37(52)29-18-21-32(22-19-29)46-38(47-39(53)57-43(7,8)9)48-40(54)58-44(10,11)12/h13,15,17-23,25-26H,14,16,24,27H2,1-12H3,(H2,46,47,48,53,54). The van der Waals surface area contributed by atoms with Crippen LogP contribution in [0.15, 0.2) is 71.7 Å². The predicted molar refractivity (Wildman–Crippen MR) is 224 cm³/mol. The van der Waals surface area contributed by atoms with E-state index < -0.39 is 40.9 Å². The fraction of sp³-hybridized carbons (Fsp3) is 0.455. The maximum atomic E-state index is 13.7. The van der Waals surface area contributed by atoms with E-state index in [0.717, 1.165) is 11.1 Å². The van der Waals surface area contributed by atoms with E-state index in [9.17, 15) is 24.0 Å². The third-order valence-electron chi connectivity index (χ3n) is 7.69. The average molecular weight is 821 g/mol. The monoisotopic (exact) mass is 820 g/mol. The Labute approximate surface area is 346 Å². The Bertz CT molecular complexity index is 1950. The Kier molecular flexibility index (Phi) is 15.7. The molecule has 0 radical (unpaired) electrons. The fourth-order valence-electron chi connectivity index (χ4n) is 5.19. The highest BCUT2D eigenvalue weighted by molar-refractivity contribution is 6.31. The van der Waals surface area contributed by atoms with Gasteiger partial charge in [-0.15, -0.1) is 0 Å². The van der Waals surface area contributed by atoms with Crippen LogP contribution in [0.25, 0.3) is 0 Å². The predicted octanol–water partition coefficient (Wildman–Crippen LogP) is 9.31. The zero-order valence-electron chi connectivity index (χ0n) is 35.6. The summed E-state index contributed by atoms with van der Waals surface area (Å²) in [4.78, 5) is 70.3. The SMILES string of the molecule is CC(C)(C)OC(=O)CN(CCCc1ccc(OC(=O)c2ccc(N=C(NC(=O)OC(C)(C)C)NC(=O)OC(C)(C)C)cc2)cc1Cl)C(=O)c1cccc(C(C)(C)C)c1. The summed E-state index contributed by atoms with van der Waals surface area (Å²) in [5.41, 5.74) is 0.255. The Morgan fingerprint density at radius 1 is 0.690 bits per heavy atom. The third-order valence-corrected chi connectivity index (χ3v) is 8.05. The molecular weight excluding hydrogens is 764 g/mol. The van der Waals surface area contributed by atoms with Gasteiger partial charge in [0.1, 0.15) is 29.1 Å². The van der Waals surface area contributed by atoms with Crippen molar-refractivity contribution < 1.29 is 42.9 Å². The number of aliphatic imine (C=N–C) groups is 1. The highest BCUT2D eigenvalue weighted by Crippen LogP contribution is 2.26. The molecule has 314 valence electrons. The molecular formula is C44H57ClN4O9. The maximum Gasteiger partial charge on any atom is 0.414 e. The van der Waals surface area contributed by atoms with E-state index in [-0.39, 0.29) is 47.4 Å². The van der Waals surface area contributed by atoms with Crippen LogP contribution in [-0.2, 0) is 30.8 Å². The van der Waals surface area contributed by atoms with Gasteiger partial charge in [-0.05, 0) is 140 Å². The maximum absolute atomic E-state index is 13.7. The van der Waals surface area contributed by atoms with Crippen molar-refractivity contribution in [3.63, 3.8) is 0 Å². The van der Waals surface area contributed by atoms with Gasteiger partial charge in [0.15, 0.2) is 0 Å². The molecule has 0 saturated carbocycles. The highest BCUT2D eigenvalue weighted by Gasteiger charge is 2.25. The number of rotatable bonds is 10. The molecule has 0 heterocycles. The van der Waals surface area contributed by atoms with E-state index in [1.807, 2.05) is 18.2 Å². The number of guanidine groups is 1. The number of hydrogen-bond acceptors (Lipinski definition) is 10.